The summed E-state index contributed by atoms with van der Waals surface area (Å²) in [6.45, 7) is 3.12. The molecule has 1 aromatic rings. The average Bonchev–Trinajstić information content (AvgIpc) is 3.11. The highest BCUT2D eigenvalue weighted by Gasteiger charge is 2.15. The fourth-order valence-corrected chi connectivity index (χ4v) is 6.31. The zero-order valence-corrected chi connectivity index (χ0v) is 31.6. The smallest absolute Gasteiger partial charge is 0.305 e. The molecule has 282 valence electrons. The van der Waals surface area contributed by atoms with Crippen LogP contribution in [0.15, 0.2) is 30.6 Å². The molecule has 1 aromatic heterocycles. The predicted molar refractivity (Wildman–Crippen MR) is 201 cm³/mol. The van der Waals surface area contributed by atoms with E-state index in [1.807, 2.05) is 0 Å². The lowest BCUT2D eigenvalue weighted by molar-refractivity contribution is -0.697. The highest BCUT2D eigenvalue weighted by atomic mass is 16.5. The van der Waals surface area contributed by atoms with Crippen molar-refractivity contribution < 1.29 is 28.8 Å². The maximum absolute atomic E-state index is 12.1. The van der Waals surface area contributed by atoms with E-state index in [2.05, 4.69) is 47.4 Å². The predicted octanol–water partition coefficient (Wildman–Crippen LogP) is 9.90. The second-order valence-electron chi connectivity index (χ2n) is 14.3. The lowest BCUT2D eigenvalue weighted by Gasteiger charge is -2.12. The summed E-state index contributed by atoms with van der Waals surface area (Å²) in [5.41, 5.74) is 0. The number of ketones is 1. The van der Waals surface area contributed by atoms with Crippen molar-refractivity contribution in [1.82, 2.24) is 5.32 Å². The van der Waals surface area contributed by atoms with Gasteiger partial charge < -0.3 is 15.2 Å². The Hall–Kier alpha value is -2.28. The van der Waals surface area contributed by atoms with E-state index < -0.39 is 17.8 Å². The van der Waals surface area contributed by atoms with Crippen molar-refractivity contribution in [1.29, 1.82) is 0 Å². The monoisotopic (exact) mass is 688 g/mol. The van der Waals surface area contributed by atoms with Crippen molar-refractivity contribution in [2.75, 3.05) is 13.2 Å². The molecule has 7 heteroatoms. The Kier molecular flexibility index (Phi) is 31.2. The molecule has 1 heterocycles. The minimum absolute atomic E-state index is 0.0927. The van der Waals surface area contributed by atoms with Gasteiger partial charge in [0.2, 0.25) is 5.78 Å². The van der Waals surface area contributed by atoms with E-state index in [0.29, 0.717) is 6.42 Å². The average molecular weight is 688 g/mol. The number of aryl methyl sites for hydroxylation is 1. The lowest BCUT2D eigenvalue weighted by Crippen LogP contribution is -2.38. The zero-order valence-electron chi connectivity index (χ0n) is 31.6. The summed E-state index contributed by atoms with van der Waals surface area (Å²) in [5.74, 6) is -1.43. The van der Waals surface area contributed by atoms with Crippen molar-refractivity contribution in [3.05, 3.63) is 30.6 Å². The number of nitrogens with one attached hydrogen (secondary N) is 1. The minimum Gasteiger partial charge on any atom is -0.463 e. The van der Waals surface area contributed by atoms with Crippen LogP contribution in [0.3, 0.4) is 0 Å². The van der Waals surface area contributed by atoms with Crippen LogP contribution in [0.5, 0.6) is 0 Å². The first-order valence-electron chi connectivity index (χ1n) is 20.6. The molecule has 0 aliphatic rings. The SMILES string of the molecule is CCCCCCCCCCCCCCCCC(=O)C(=O)NCC(O)COC(=O)CCCCCCCCCCCCCCC[n+]1ccccc1. The second kappa shape index (κ2) is 34.2. The number of aromatic nitrogens is 1. The largest absolute Gasteiger partial charge is 0.463 e. The third-order valence-corrected chi connectivity index (χ3v) is 9.52. The summed E-state index contributed by atoms with van der Waals surface area (Å²) in [7, 11) is 0. The highest BCUT2D eigenvalue weighted by Crippen LogP contribution is 2.15. The van der Waals surface area contributed by atoms with Crippen LogP contribution in [0.25, 0.3) is 0 Å². The van der Waals surface area contributed by atoms with Crippen LogP contribution < -0.4 is 9.88 Å². The van der Waals surface area contributed by atoms with Crippen molar-refractivity contribution in [3.8, 4) is 0 Å². The summed E-state index contributed by atoms with van der Waals surface area (Å²) in [5, 5.41) is 12.5. The van der Waals surface area contributed by atoms with Crippen LogP contribution in [-0.4, -0.2) is 42.0 Å². The topological polar surface area (TPSA) is 96.6 Å². The number of hydrogen-bond donors (Lipinski definition) is 2. The second-order valence-corrected chi connectivity index (χ2v) is 14.3. The third kappa shape index (κ3) is 30.3. The number of carbonyl (C=O) groups excluding carboxylic acids is 3. The summed E-state index contributed by atoms with van der Waals surface area (Å²) in [4.78, 5) is 36.2. The first-order chi connectivity index (χ1) is 24.0. The van der Waals surface area contributed by atoms with Gasteiger partial charge in [0.15, 0.2) is 12.4 Å². The Bertz CT molecular complexity index is 910. The molecule has 0 fully saturated rings. The molecule has 7 nitrogen and oxygen atoms in total. The molecule has 0 saturated heterocycles. The highest BCUT2D eigenvalue weighted by molar-refractivity contribution is 6.36. The molecule has 0 aliphatic heterocycles. The number of pyridine rings is 1. The van der Waals surface area contributed by atoms with E-state index in [4.69, 9.17) is 4.74 Å². The Morgan fingerprint density at radius 2 is 0.980 bits per heavy atom. The summed E-state index contributed by atoms with van der Waals surface area (Å²) in [6, 6.07) is 6.24. The molecule has 0 aliphatic carbocycles. The quantitative estimate of drug-likeness (QED) is 0.0317. The first kappa shape index (κ1) is 44.7. The Labute approximate surface area is 300 Å². The number of ether oxygens (including phenoxy) is 1. The van der Waals surface area contributed by atoms with Gasteiger partial charge in [-0.15, -0.1) is 0 Å². The number of rotatable bonds is 36. The molecule has 0 bridgehead atoms. The molecular formula is C42H75N2O5+. The fourth-order valence-electron chi connectivity index (χ4n) is 6.31. The summed E-state index contributed by atoms with van der Waals surface area (Å²) >= 11 is 0. The molecule has 1 atom stereocenters. The molecule has 0 spiro atoms. The lowest BCUT2D eigenvalue weighted by atomic mass is 10.0. The van der Waals surface area contributed by atoms with E-state index in [1.54, 1.807) is 0 Å². The van der Waals surface area contributed by atoms with Gasteiger partial charge in [0, 0.05) is 37.9 Å². The Balaban J connectivity index is 1.82. The first-order valence-corrected chi connectivity index (χ1v) is 20.6. The minimum atomic E-state index is -1.01. The number of unbranched alkanes of at least 4 members (excludes halogenated alkanes) is 25. The number of Topliss-reactive ketones (excluding diaryl/α,β-unsaturated/α-hetero) is 1. The van der Waals surface area contributed by atoms with E-state index in [0.717, 1.165) is 45.1 Å². The molecule has 0 aromatic carbocycles. The molecule has 1 unspecified atom stereocenters. The van der Waals surface area contributed by atoms with Gasteiger partial charge in [-0.25, -0.2) is 4.57 Å². The third-order valence-electron chi connectivity index (χ3n) is 9.52. The van der Waals surface area contributed by atoms with Gasteiger partial charge in [0.25, 0.3) is 5.91 Å². The maximum Gasteiger partial charge on any atom is 0.305 e. The van der Waals surface area contributed by atoms with Gasteiger partial charge in [-0.1, -0.05) is 161 Å². The van der Waals surface area contributed by atoms with Crippen molar-refractivity contribution in [3.63, 3.8) is 0 Å². The molecule has 49 heavy (non-hydrogen) atoms. The molecular weight excluding hydrogens is 612 g/mol. The molecule has 1 rings (SSSR count). The number of esters is 1. The van der Waals surface area contributed by atoms with E-state index in [1.165, 1.54) is 135 Å². The number of nitrogens with zero attached hydrogens (tertiary/aromatic N) is 1. The fraction of sp³-hybridized carbons (Fsp3) is 0.810. The van der Waals surface area contributed by atoms with Crippen molar-refractivity contribution >= 4 is 17.7 Å². The summed E-state index contributed by atoms with van der Waals surface area (Å²) in [6.07, 6.45) is 37.2. The van der Waals surface area contributed by atoms with E-state index in [9.17, 15) is 19.5 Å². The van der Waals surface area contributed by atoms with Crippen molar-refractivity contribution in [2.45, 2.75) is 206 Å². The van der Waals surface area contributed by atoms with Crippen LogP contribution in [0.4, 0.5) is 0 Å². The molecule has 1 amide bonds. The standard InChI is InChI=1S/C42H74N2O5/c1-2-3-4-5-6-7-8-9-11-14-17-20-23-27-32-40(46)42(48)43-37-39(45)38-49-41(47)33-28-24-21-18-15-12-10-13-16-19-22-25-29-34-44-35-30-26-31-36-44/h26,30-31,35-36,39,45H,2-25,27-29,32-34,37-38H2,1H3/p+1. The normalized spacial score (nSPS) is 11.8. The number of aliphatic hydroxyl groups excluding tert-OH is 1. The maximum atomic E-state index is 12.1. The Morgan fingerprint density at radius 1 is 0.571 bits per heavy atom. The van der Waals surface area contributed by atoms with Gasteiger partial charge in [-0.3, -0.25) is 14.4 Å². The number of amides is 1. The van der Waals surface area contributed by atoms with Crippen molar-refractivity contribution in [2.24, 2.45) is 0 Å². The van der Waals surface area contributed by atoms with Crippen LogP contribution in [0.1, 0.15) is 193 Å². The van der Waals surface area contributed by atoms with Crippen LogP contribution in [0.2, 0.25) is 0 Å². The van der Waals surface area contributed by atoms with Gasteiger partial charge in [-0.05, 0) is 19.3 Å². The van der Waals surface area contributed by atoms with Crippen LogP contribution in [0, 0.1) is 0 Å². The molecule has 0 saturated carbocycles. The van der Waals surface area contributed by atoms with E-state index >= 15 is 0 Å². The van der Waals surface area contributed by atoms with Gasteiger partial charge in [0.1, 0.15) is 19.3 Å². The zero-order chi connectivity index (χ0) is 35.5. The summed E-state index contributed by atoms with van der Waals surface area (Å²) < 4.78 is 7.42. The van der Waals surface area contributed by atoms with E-state index in [-0.39, 0.29) is 25.5 Å². The Morgan fingerprint density at radius 3 is 1.45 bits per heavy atom. The van der Waals surface area contributed by atoms with Crippen LogP contribution >= 0.6 is 0 Å². The van der Waals surface area contributed by atoms with Gasteiger partial charge in [-0.2, -0.15) is 0 Å². The number of aliphatic hydroxyl groups is 1. The van der Waals surface area contributed by atoms with Gasteiger partial charge >= 0.3 is 5.97 Å². The van der Waals surface area contributed by atoms with Crippen LogP contribution in [-0.2, 0) is 25.7 Å². The molecule has 2 N–H and O–H groups in total. The number of hydrogen-bond acceptors (Lipinski definition) is 5. The number of carbonyl (C=O) groups is 3. The molecule has 0 radical (unpaired) electrons. The van der Waals surface area contributed by atoms with Gasteiger partial charge in [0.05, 0.1) is 0 Å².